The normalized spacial score (nSPS) is 10.9. The Bertz CT molecular complexity index is 1130. The molecule has 5 nitrogen and oxygen atoms in total. The van der Waals surface area contributed by atoms with Gasteiger partial charge in [0.15, 0.2) is 11.5 Å². The van der Waals surface area contributed by atoms with E-state index in [2.05, 4.69) is 38.6 Å². The molecule has 32 heavy (non-hydrogen) atoms. The van der Waals surface area contributed by atoms with Gasteiger partial charge in [-0.2, -0.15) is 5.10 Å². The van der Waals surface area contributed by atoms with Crippen molar-refractivity contribution in [3.8, 4) is 11.5 Å². The zero-order chi connectivity index (χ0) is 23.1. The van der Waals surface area contributed by atoms with E-state index >= 15 is 0 Å². The summed E-state index contributed by atoms with van der Waals surface area (Å²) in [7, 11) is 0. The summed E-state index contributed by atoms with van der Waals surface area (Å²) >= 11 is 9.70. The molecule has 1 amide bonds. The van der Waals surface area contributed by atoms with E-state index in [4.69, 9.17) is 21.1 Å². The van der Waals surface area contributed by atoms with Crippen molar-refractivity contribution in [3.05, 3.63) is 91.9 Å². The number of amides is 1. The van der Waals surface area contributed by atoms with Crippen LogP contribution in [0.3, 0.4) is 0 Å². The summed E-state index contributed by atoms with van der Waals surface area (Å²) in [5.74, 6) is 0.816. The Hall–Kier alpha value is -2.83. The van der Waals surface area contributed by atoms with Gasteiger partial charge in [-0.3, -0.25) is 4.79 Å². The minimum Gasteiger partial charge on any atom is -0.490 e. The van der Waals surface area contributed by atoms with Crippen LogP contribution in [0.1, 0.15) is 39.5 Å². The Morgan fingerprint density at radius 3 is 2.47 bits per heavy atom. The number of carbonyl (C=O) groups is 1. The van der Waals surface area contributed by atoms with Crippen molar-refractivity contribution in [3.63, 3.8) is 0 Å². The Labute approximate surface area is 201 Å². The van der Waals surface area contributed by atoms with Crippen LogP contribution in [0.2, 0.25) is 5.02 Å². The van der Waals surface area contributed by atoms with Gasteiger partial charge in [0.1, 0.15) is 6.61 Å². The molecule has 0 unspecified atom stereocenters. The molecule has 0 aromatic heterocycles. The molecular formula is C25H24BrClN2O3. The Morgan fingerprint density at radius 2 is 1.78 bits per heavy atom. The molecule has 0 aliphatic rings. The molecule has 7 heteroatoms. The van der Waals surface area contributed by atoms with Crippen molar-refractivity contribution in [2.75, 3.05) is 6.61 Å². The topological polar surface area (TPSA) is 59.9 Å². The van der Waals surface area contributed by atoms with E-state index in [0.717, 1.165) is 21.2 Å². The van der Waals surface area contributed by atoms with Crippen LogP contribution in [0.15, 0.2) is 64.2 Å². The molecule has 0 radical (unpaired) electrons. The van der Waals surface area contributed by atoms with Crippen LogP contribution in [0.4, 0.5) is 0 Å². The highest BCUT2D eigenvalue weighted by atomic mass is 79.9. The summed E-state index contributed by atoms with van der Waals surface area (Å²) < 4.78 is 12.5. The second-order valence-corrected chi connectivity index (χ2v) is 8.48. The van der Waals surface area contributed by atoms with Gasteiger partial charge in [0.25, 0.3) is 5.91 Å². The monoisotopic (exact) mass is 514 g/mol. The summed E-state index contributed by atoms with van der Waals surface area (Å²) in [5.41, 5.74) is 6.85. The van der Waals surface area contributed by atoms with Crippen LogP contribution in [0.5, 0.6) is 11.5 Å². The van der Waals surface area contributed by atoms with Crippen molar-refractivity contribution in [1.82, 2.24) is 5.43 Å². The molecule has 166 valence electrons. The quantitative estimate of drug-likeness (QED) is 0.277. The molecule has 0 spiro atoms. The number of aryl methyl sites for hydroxylation is 2. The molecule has 3 aromatic rings. The number of nitrogens with one attached hydrogen (secondary N) is 1. The van der Waals surface area contributed by atoms with Crippen LogP contribution in [-0.2, 0) is 6.61 Å². The molecule has 0 atom stereocenters. The van der Waals surface area contributed by atoms with Crippen LogP contribution < -0.4 is 14.9 Å². The lowest BCUT2D eigenvalue weighted by atomic mass is 10.1. The third-order valence-electron chi connectivity index (χ3n) is 4.58. The molecule has 0 heterocycles. The van der Waals surface area contributed by atoms with E-state index in [-0.39, 0.29) is 5.91 Å². The first-order chi connectivity index (χ1) is 15.4. The lowest BCUT2D eigenvalue weighted by Gasteiger charge is -2.15. The van der Waals surface area contributed by atoms with Crippen molar-refractivity contribution in [2.45, 2.75) is 27.4 Å². The number of halogens is 2. The van der Waals surface area contributed by atoms with Crippen LogP contribution >= 0.6 is 27.5 Å². The lowest BCUT2D eigenvalue weighted by molar-refractivity contribution is 0.0955. The molecule has 0 aliphatic heterocycles. The highest BCUT2D eigenvalue weighted by Gasteiger charge is 2.13. The SMILES string of the molecule is CCOc1cc(/C=N\NC(=O)c2ccc(C)cc2Cl)cc(Br)c1OCc1ccc(C)cc1. The molecule has 0 saturated heterocycles. The number of hydrazone groups is 1. The molecule has 0 fully saturated rings. The van der Waals surface area contributed by atoms with Crippen molar-refractivity contribution < 1.29 is 14.3 Å². The molecule has 3 aromatic carbocycles. The second-order valence-electron chi connectivity index (χ2n) is 7.22. The fourth-order valence-corrected chi connectivity index (χ4v) is 3.83. The molecular weight excluding hydrogens is 492 g/mol. The summed E-state index contributed by atoms with van der Waals surface area (Å²) in [6.07, 6.45) is 1.54. The maximum Gasteiger partial charge on any atom is 0.272 e. The minimum atomic E-state index is -0.381. The first kappa shape index (κ1) is 23.8. The van der Waals surface area contributed by atoms with Gasteiger partial charge in [0.2, 0.25) is 0 Å². The summed E-state index contributed by atoms with van der Waals surface area (Å²) in [4.78, 5) is 12.3. The van der Waals surface area contributed by atoms with Crippen molar-refractivity contribution >= 4 is 39.7 Å². The zero-order valence-corrected chi connectivity index (χ0v) is 20.5. The number of hydrogen-bond acceptors (Lipinski definition) is 4. The van der Waals surface area contributed by atoms with Crippen molar-refractivity contribution in [2.24, 2.45) is 5.10 Å². The fourth-order valence-electron chi connectivity index (χ4n) is 2.94. The van der Waals surface area contributed by atoms with Gasteiger partial charge < -0.3 is 9.47 Å². The number of rotatable bonds is 8. The van der Waals surface area contributed by atoms with E-state index in [1.54, 1.807) is 12.1 Å². The van der Waals surface area contributed by atoms with E-state index < -0.39 is 0 Å². The third kappa shape index (κ3) is 6.34. The summed E-state index contributed by atoms with van der Waals surface area (Å²) in [6.45, 7) is 6.76. The smallest absolute Gasteiger partial charge is 0.272 e. The van der Waals surface area contributed by atoms with Crippen molar-refractivity contribution in [1.29, 1.82) is 0 Å². The average molecular weight is 516 g/mol. The van der Waals surface area contributed by atoms with Crippen LogP contribution in [0.25, 0.3) is 0 Å². The van der Waals surface area contributed by atoms with Gasteiger partial charge in [0.05, 0.1) is 27.9 Å². The average Bonchev–Trinajstić information content (AvgIpc) is 2.74. The van der Waals surface area contributed by atoms with Gasteiger partial charge in [-0.25, -0.2) is 5.43 Å². The summed E-state index contributed by atoms with van der Waals surface area (Å²) in [6, 6.07) is 17.1. The second kappa shape index (κ2) is 11.2. The van der Waals surface area contributed by atoms with Gasteiger partial charge in [-0.1, -0.05) is 47.5 Å². The third-order valence-corrected chi connectivity index (χ3v) is 5.49. The molecule has 0 saturated carbocycles. The van der Waals surface area contributed by atoms with Crippen LogP contribution in [0, 0.1) is 13.8 Å². The van der Waals surface area contributed by atoms with Crippen LogP contribution in [-0.4, -0.2) is 18.7 Å². The molecule has 3 rings (SSSR count). The Balaban J connectivity index is 1.72. The van der Waals surface area contributed by atoms with E-state index in [0.29, 0.717) is 35.3 Å². The van der Waals surface area contributed by atoms with Gasteiger partial charge in [0, 0.05) is 0 Å². The highest BCUT2D eigenvalue weighted by Crippen LogP contribution is 2.37. The number of nitrogens with zero attached hydrogens (tertiary/aromatic N) is 1. The maximum atomic E-state index is 12.3. The minimum absolute atomic E-state index is 0.366. The highest BCUT2D eigenvalue weighted by molar-refractivity contribution is 9.10. The lowest BCUT2D eigenvalue weighted by Crippen LogP contribution is -2.18. The number of hydrogen-bond donors (Lipinski definition) is 1. The van der Waals surface area contributed by atoms with E-state index in [1.165, 1.54) is 11.8 Å². The van der Waals surface area contributed by atoms with Gasteiger partial charge in [-0.05, 0) is 77.7 Å². The maximum absolute atomic E-state index is 12.3. The summed E-state index contributed by atoms with van der Waals surface area (Å²) in [5, 5.41) is 4.44. The zero-order valence-electron chi connectivity index (χ0n) is 18.1. The molecule has 1 N–H and O–H groups in total. The Kier molecular flexibility index (Phi) is 8.31. The van der Waals surface area contributed by atoms with E-state index in [1.807, 2.05) is 51.1 Å². The standard InChI is InChI=1S/C25H24BrClN2O3/c1-4-31-23-13-19(14-28-29-25(30)20-10-7-17(3)11-22(20)27)12-21(26)24(23)32-15-18-8-5-16(2)6-9-18/h5-14H,4,15H2,1-3H3,(H,29,30)/b28-14-. The number of ether oxygens (including phenoxy) is 2. The molecule has 0 bridgehead atoms. The number of carbonyl (C=O) groups excluding carboxylic acids is 1. The largest absolute Gasteiger partial charge is 0.490 e. The number of benzene rings is 3. The molecule has 0 aliphatic carbocycles. The first-order valence-corrected chi connectivity index (χ1v) is 11.3. The van der Waals surface area contributed by atoms with E-state index in [9.17, 15) is 4.79 Å². The predicted molar refractivity (Wildman–Crippen MR) is 132 cm³/mol. The first-order valence-electron chi connectivity index (χ1n) is 10.1. The fraction of sp³-hybridized carbons (Fsp3) is 0.200. The Morgan fingerprint density at radius 1 is 1.06 bits per heavy atom. The van der Waals surface area contributed by atoms with Gasteiger partial charge in [-0.15, -0.1) is 0 Å². The predicted octanol–water partition coefficient (Wildman–Crippen LogP) is 6.46. The van der Waals surface area contributed by atoms with Gasteiger partial charge >= 0.3 is 0 Å².